The smallest absolute Gasteiger partial charge is 0.337 e. The number of methoxy groups -OCH3 is 1. The Morgan fingerprint density at radius 1 is 1.53 bits per heavy atom. The fraction of sp³-hybridized carbons (Fsp3) is 0.357. The van der Waals surface area contributed by atoms with Gasteiger partial charge < -0.3 is 14.7 Å². The number of benzene rings is 1. The number of nitrogens with zero attached hydrogens (tertiary/aromatic N) is 1. The number of hydrogen-bond acceptors (Lipinski definition) is 3. The monoisotopic (exact) mass is 265 g/mol. The average molecular weight is 265 g/mol. The molecule has 0 radical (unpaired) electrons. The number of halogens is 1. The highest BCUT2D eigenvalue weighted by atomic mass is 19.1. The first kappa shape index (κ1) is 13.5. The number of carbonyl (C=O) groups is 1. The summed E-state index contributed by atoms with van der Waals surface area (Å²) in [5.74, 6) is -1.64. The maximum Gasteiger partial charge on any atom is 0.337 e. The van der Waals surface area contributed by atoms with E-state index in [4.69, 9.17) is 9.84 Å². The minimum atomic E-state index is -1.11. The number of hydrogen-bond donors (Lipinski definition) is 1. The van der Waals surface area contributed by atoms with Crippen molar-refractivity contribution in [2.45, 2.75) is 6.42 Å². The standard InChI is InChI=1S/C14H16FNO3/c1-19-9-10-4-6-16(7-5-10)13-3-2-11(15)8-12(13)14(17)18/h2-4,8H,5-7,9H2,1H3,(H,17,18). The molecule has 1 N–H and O–H groups in total. The summed E-state index contributed by atoms with van der Waals surface area (Å²) in [6.07, 6.45) is 2.85. The van der Waals surface area contributed by atoms with Crippen molar-refractivity contribution in [3.8, 4) is 0 Å². The minimum absolute atomic E-state index is 0.00333. The van der Waals surface area contributed by atoms with Crippen LogP contribution in [0.5, 0.6) is 0 Å². The highest BCUT2D eigenvalue weighted by Crippen LogP contribution is 2.25. The van der Waals surface area contributed by atoms with Crippen LogP contribution in [0, 0.1) is 5.82 Å². The van der Waals surface area contributed by atoms with Crippen LogP contribution in [0.25, 0.3) is 0 Å². The summed E-state index contributed by atoms with van der Waals surface area (Å²) >= 11 is 0. The van der Waals surface area contributed by atoms with Crippen LogP contribution < -0.4 is 4.90 Å². The van der Waals surface area contributed by atoms with E-state index in [1.54, 1.807) is 7.11 Å². The Morgan fingerprint density at radius 2 is 2.32 bits per heavy atom. The molecule has 1 aromatic carbocycles. The van der Waals surface area contributed by atoms with Gasteiger partial charge in [0.25, 0.3) is 0 Å². The van der Waals surface area contributed by atoms with E-state index in [1.165, 1.54) is 17.7 Å². The number of carboxylic acids is 1. The topological polar surface area (TPSA) is 49.8 Å². The van der Waals surface area contributed by atoms with Crippen LogP contribution in [-0.4, -0.2) is 37.9 Å². The van der Waals surface area contributed by atoms with E-state index >= 15 is 0 Å². The van der Waals surface area contributed by atoms with Crippen LogP contribution in [0.2, 0.25) is 0 Å². The van der Waals surface area contributed by atoms with Gasteiger partial charge in [-0.15, -0.1) is 0 Å². The van der Waals surface area contributed by atoms with Gasteiger partial charge in [-0.05, 0) is 30.2 Å². The molecule has 1 heterocycles. The highest BCUT2D eigenvalue weighted by molar-refractivity contribution is 5.94. The molecule has 0 fully saturated rings. The molecule has 4 nitrogen and oxygen atoms in total. The van der Waals surface area contributed by atoms with Crippen LogP contribution >= 0.6 is 0 Å². The second-order valence-corrected chi connectivity index (χ2v) is 4.46. The van der Waals surface area contributed by atoms with Crippen molar-refractivity contribution >= 4 is 11.7 Å². The summed E-state index contributed by atoms with van der Waals surface area (Å²) < 4.78 is 18.2. The fourth-order valence-corrected chi connectivity index (χ4v) is 2.20. The second kappa shape index (κ2) is 5.84. The summed E-state index contributed by atoms with van der Waals surface area (Å²) in [5, 5.41) is 9.13. The molecular formula is C14H16FNO3. The zero-order valence-corrected chi connectivity index (χ0v) is 10.7. The van der Waals surface area contributed by atoms with Gasteiger partial charge in [-0.1, -0.05) is 6.08 Å². The maximum absolute atomic E-state index is 13.1. The van der Waals surface area contributed by atoms with Crippen LogP contribution in [0.15, 0.2) is 29.8 Å². The molecule has 19 heavy (non-hydrogen) atoms. The number of rotatable bonds is 4. The van der Waals surface area contributed by atoms with E-state index in [0.717, 1.165) is 12.5 Å². The van der Waals surface area contributed by atoms with Gasteiger partial charge in [0.05, 0.1) is 17.9 Å². The lowest BCUT2D eigenvalue weighted by molar-refractivity contribution is 0.0697. The van der Waals surface area contributed by atoms with E-state index in [2.05, 4.69) is 0 Å². The van der Waals surface area contributed by atoms with E-state index in [-0.39, 0.29) is 5.56 Å². The average Bonchev–Trinajstić information content (AvgIpc) is 2.40. The van der Waals surface area contributed by atoms with Gasteiger partial charge in [0, 0.05) is 20.2 Å². The SMILES string of the molecule is COCC1=CCN(c2ccc(F)cc2C(=O)O)CC1. The Hall–Kier alpha value is -1.88. The summed E-state index contributed by atoms with van der Waals surface area (Å²) in [7, 11) is 1.65. The van der Waals surface area contributed by atoms with E-state index in [9.17, 15) is 9.18 Å². The summed E-state index contributed by atoms with van der Waals surface area (Å²) in [4.78, 5) is 13.1. The lowest BCUT2D eigenvalue weighted by Gasteiger charge is -2.29. The predicted molar refractivity (Wildman–Crippen MR) is 70.1 cm³/mol. The zero-order chi connectivity index (χ0) is 13.8. The Labute approximate surface area is 111 Å². The normalized spacial score (nSPS) is 15.3. The molecule has 102 valence electrons. The van der Waals surface area contributed by atoms with Gasteiger partial charge in [-0.2, -0.15) is 0 Å². The molecule has 1 aromatic rings. The van der Waals surface area contributed by atoms with Gasteiger partial charge in [0.15, 0.2) is 0 Å². The largest absolute Gasteiger partial charge is 0.478 e. The first-order valence-electron chi connectivity index (χ1n) is 6.06. The van der Waals surface area contributed by atoms with Crippen molar-refractivity contribution in [1.29, 1.82) is 0 Å². The molecule has 0 atom stereocenters. The minimum Gasteiger partial charge on any atom is -0.478 e. The molecule has 1 aliphatic rings. The van der Waals surface area contributed by atoms with Gasteiger partial charge >= 0.3 is 5.97 Å². The van der Waals surface area contributed by atoms with Crippen LogP contribution in [0.1, 0.15) is 16.8 Å². The Morgan fingerprint density at radius 3 is 2.89 bits per heavy atom. The third-order valence-corrected chi connectivity index (χ3v) is 3.16. The molecule has 0 saturated heterocycles. The molecule has 0 bridgehead atoms. The Balaban J connectivity index is 2.22. The zero-order valence-electron chi connectivity index (χ0n) is 10.7. The van der Waals surface area contributed by atoms with Crippen LogP contribution in [-0.2, 0) is 4.74 Å². The molecule has 5 heteroatoms. The molecular weight excluding hydrogens is 249 g/mol. The Kier molecular flexibility index (Phi) is 4.16. The molecule has 1 aliphatic heterocycles. The number of carboxylic acid groups (broad SMARTS) is 1. The fourth-order valence-electron chi connectivity index (χ4n) is 2.20. The quantitative estimate of drug-likeness (QED) is 0.849. The highest BCUT2D eigenvalue weighted by Gasteiger charge is 2.19. The van der Waals surface area contributed by atoms with E-state index < -0.39 is 11.8 Å². The molecule has 0 saturated carbocycles. The summed E-state index contributed by atoms with van der Waals surface area (Å²) in [6.45, 7) is 1.93. The van der Waals surface area contributed by atoms with E-state index in [0.29, 0.717) is 25.4 Å². The predicted octanol–water partition coefficient (Wildman–Crippen LogP) is 2.31. The van der Waals surface area contributed by atoms with Crippen molar-refractivity contribution in [2.75, 3.05) is 31.7 Å². The number of ether oxygens (including phenoxy) is 1. The van der Waals surface area contributed by atoms with Crippen LogP contribution in [0.3, 0.4) is 0 Å². The van der Waals surface area contributed by atoms with E-state index in [1.807, 2.05) is 11.0 Å². The van der Waals surface area contributed by atoms with Crippen molar-refractivity contribution in [2.24, 2.45) is 0 Å². The molecule has 0 amide bonds. The molecule has 0 aromatic heterocycles. The number of aromatic carboxylic acids is 1. The van der Waals surface area contributed by atoms with Gasteiger partial charge in [-0.3, -0.25) is 0 Å². The second-order valence-electron chi connectivity index (χ2n) is 4.46. The van der Waals surface area contributed by atoms with Crippen molar-refractivity contribution in [3.63, 3.8) is 0 Å². The Bertz CT molecular complexity index is 513. The lowest BCUT2D eigenvalue weighted by atomic mass is 10.1. The van der Waals surface area contributed by atoms with Gasteiger partial charge in [0.2, 0.25) is 0 Å². The van der Waals surface area contributed by atoms with Crippen molar-refractivity contribution < 1.29 is 19.0 Å². The first-order valence-corrected chi connectivity index (χ1v) is 6.06. The summed E-state index contributed by atoms with van der Waals surface area (Å²) in [6, 6.07) is 3.87. The molecule has 0 aliphatic carbocycles. The summed E-state index contributed by atoms with van der Waals surface area (Å²) in [5.41, 5.74) is 1.77. The van der Waals surface area contributed by atoms with Gasteiger partial charge in [0.1, 0.15) is 5.82 Å². The molecule has 2 rings (SSSR count). The third-order valence-electron chi connectivity index (χ3n) is 3.16. The molecule has 0 spiro atoms. The van der Waals surface area contributed by atoms with Crippen molar-refractivity contribution in [3.05, 3.63) is 41.2 Å². The maximum atomic E-state index is 13.1. The van der Waals surface area contributed by atoms with Crippen molar-refractivity contribution in [1.82, 2.24) is 0 Å². The molecule has 0 unspecified atom stereocenters. The van der Waals surface area contributed by atoms with Crippen LogP contribution in [0.4, 0.5) is 10.1 Å². The first-order chi connectivity index (χ1) is 9.11. The van der Waals surface area contributed by atoms with Gasteiger partial charge in [-0.25, -0.2) is 9.18 Å². The third kappa shape index (κ3) is 3.12. The lowest BCUT2D eigenvalue weighted by Crippen LogP contribution is -2.30. The number of anilines is 1.